The number of carbonyl (C=O) groups excluding carboxylic acids is 1. The lowest BCUT2D eigenvalue weighted by molar-refractivity contribution is 0.0105. The molecule has 0 bridgehead atoms. The molecule has 0 saturated carbocycles. The van der Waals surface area contributed by atoms with E-state index in [2.05, 4.69) is 38.8 Å². The second-order valence-electron chi connectivity index (χ2n) is 5.67. The number of esters is 1. The number of ether oxygens (including phenoxy) is 1. The summed E-state index contributed by atoms with van der Waals surface area (Å²) in [5.41, 5.74) is 0.302. The smallest absolute Gasteiger partial charge is 0.358 e. The minimum atomic E-state index is -1.87. The molecule has 18 heavy (non-hydrogen) atoms. The quantitative estimate of drug-likeness (QED) is 0.477. The Balaban J connectivity index is 2.46. The summed E-state index contributed by atoms with van der Waals surface area (Å²) in [6.45, 7) is 10.6. The van der Waals surface area contributed by atoms with Gasteiger partial charge in [0.05, 0.1) is 0 Å². The number of aromatic nitrogens is 1. The van der Waals surface area contributed by atoms with E-state index in [9.17, 15) is 4.79 Å². The molecule has 1 rings (SSSR count). The Morgan fingerprint density at radius 2 is 2.00 bits per heavy atom. The van der Waals surface area contributed by atoms with Gasteiger partial charge in [0.25, 0.3) is 0 Å². The van der Waals surface area contributed by atoms with Crippen molar-refractivity contribution >= 4 is 14.3 Å². The maximum Gasteiger partial charge on any atom is 0.358 e. The highest BCUT2D eigenvalue weighted by molar-refractivity contribution is 6.74. The SMILES string of the molecule is CC(C)(C)[Si](C)(C)OCOC(=O)c1ccccn1. The molecule has 4 nitrogen and oxygen atoms in total. The lowest BCUT2D eigenvalue weighted by Crippen LogP contribution is -2.41. The molecule has 0 saturated heterocycles. The van der Waals surface area contributed by atoms with Crippen molar-refractivity contribution in [2.24, 2.45) is 0 Å². The molecule has 0 aliphatic carbocycles. The van der Waals surface area contributed by atoms with Crippen molar-refractivity contribution in [1.29, 1.82) is 0 Å². The van der Waals surface area contributed by atoms with Gasteiger partial charge in [0.2, 0.25) is 0 Å². The Labute approximate surface area is 109 Å². The average molecular weight is 267 g/mol. The second kappa shape index (κ2) is 5.62. The largest absolute Gasteiger partial charge is 0.435 e. The highest BCUT2D eigenvalue weighted by Crippen LogP contribution is 2.36. The molecule has 0 unspecified atom stereocenters. The van der Waals surface area contributed by atoms with Crippen LogP contribution in [0.5, 0.6) is 0 Å². The van der Waals surface area contributed by atoms with Crippen molar-refractivity contribution in [3.05, 3.63) is 30.1 Å². The van der Waals surface area contributed by atoms with E-state index in [-0.39, 0.29) is 11.8 Å². The zero-order valence-corrected chi connectivity index (χ0v) is 12.7. The van der Waals surface area contributed by atoms with Crippen LogP contribution in [0.2, 0.25) is 18.1 Å². The molecule has 1 heterocycles. The molecule has 0 spiro atoms. The summed E-state index contributed by atoms with van der Waals surface area (Å²) in [6, 6.07) is 5.12. The van der Waals surface area contributed by atoms with Crippen molar-refractivity contribution in [1.82, 2.24) is 4.98 Å². The second-order valence-corrected chi connectivity index (χ2v) is 10.5. The molecule has 100 valence electrons. The van der Waals surface area contributed by atoms with Gasteiger partial charge in [-0.05, 0) is 30.3 Å². The van der Waals surface area contributed by atoms with Crippen LogP contribution < -0.4 is 0 Å². The first-order chi connectivity index (χ1) is 8.24. The van der Waals surface area contributed by atoms with Crippen LogP contribution in [-0.4, -0.2) is 26.1 Å². The molecule has 1 aromatic rings. The van der Waals surface area contributed by atoms with Crippen LogP contribution in [0.1, 0.15) is 31.3 Å². The Morgan fingerprint density at radius 1 is 1.33 bits per heavy atom. The third-order valence-corrected chi connectivity index (χ3v) is 7.74. The topological polar surface area (TPSA) is 48.4 Å². The number of carbonyl (C=O) groups is 1. The summed E-state index contributed by atoms with van der Waals surface area (Å²) in [6.07, 6.45) is 1.56. The molecule has 0 atom stereocenters. The molecule has 0 aliphatic rings. The number of hydrogen-bond acceptors (Lipinski definition) is 4. The minimum absolute atomic E-state index is 0.00804. The van der Waals surface area contributed by atoms with Crippen LogP contribution in [0, 0.1) is 0 Å². The van der Waals surface area contributed by atoms with Gasteiger partial charge in [-0.15, -0.1) is 0 Å². The Morgan fingerprint density at radius 3 is 2.50 bits per heavy atom. The first kappa shape index (κ1) is 14.9. The molecule has 0 fully saturated rings. The fourth-order valence-corrected chi connectivity index (χ4v) is 1.79. The average Bonchev–Trinajstić information content (AvgIpc) is 2.28. The van der Waals surface area contributed by atoms with Crippen LogP contribution in [0.4, 0.5) is 0 Å². The molecular formula is C13H21NO3Si. The van der Waals surface area contributed by atoms with E-state index >= 15 is 0 Å². The first-order valence-corrected chi connectivity index (χ1v) is 8.87. The molecule has 0 aliphatic heterocycles. The normalized spacial score (nSPS) is 12.3. The number of pyridine rings is 1. The van der Waals surface area contributed by atoms with Crippen molar-refractivity contribution in [2.45, 2.75) is 38.9 Å². The van der Waals surface area contributed by atoms with Gasteiger partial charge in [-0.3, -0.25) is 0 Å². The van der Waals surface area contributed by atoms with Gasteiger partial charge in [0.1, 0.15) is 5.69 Å². The van der Waals surface area contributed by atoms with E-state index in [4.69, 9.17) is 9.16 Å². The van der Waals surface area contributed by atoms with E-state index in [0.717, 1.165) is 0 Å². The monoisotopic (exact) mass is 267 g/mol. The van der Waals surface area contributed by atoms with Gasteiger partial charge in [-0.25, -0.2) is 9.78 Å². The number of hydrogen-bond donors (Lipinski definition) is 0. The van der Waals surface area contributed by atoms with Gasteiger partial charge in [-0.1, -0.05) is 26.8 Å². The highest BCUT2D eigenvalue weighted by Gasteiger charge is 2.37. The van der Waals surface area contributed by atoms with Crippen LogP contribution in [0.25, 0.3) is 0 Å². The summed E-state index contributed by atoms with van der Waals surface area (Å²) in [4.78, 5) is 15.6. The fraction of sp³-hybridized carbons (Fsp3) is 0.538. The number of nitrogens with zero attached hydrogens (tertiary/aromatic N) is 1. The zero-order chi connectivity index (χ0) is 13.8. The third kappa shape index (κ3) is 3.92. The van der Waals surface area contributed by atoms with Gasteiger partial charge in [-0.2, -0.15) is 0 Å². The van der Waals surface area contributed by atoms with Crippen LogP contribution in [0.3, 0.4) is 0 Å². The molecule has 0 radical (unpaired) electrons. The van der Waals surface area contributed by atoms with E-state index in [1.807, 2.05) is 0 Å². The third-order valence-electron chi connectivity index (χ3n) is 3.29. The van der Waals surface area contributed by atoms with Gasteiger partial charge < -0.3 is 9.16 Å². The summed E-state index contributed by atoms with van der Waals surface area (Å²) in [7, 11) is -1.87. The van der Waals surface area contributed by atoms with Crippen molar-refractivity contribution in [3.8, 4) is 0 Å². The molecular weight excluding hydrogens is 246 g/mol. The highest BCUT2D eigenvalue weighted by atomic mass is 28.4. The van der Waals surface area contributed by atoms with Gasteiger partial charge in [0, 0.05) is 6.20 Å². The predicted molar refractivity (Wildman–Crippen MR) is 72.8 cm³/mol. The van der Waals surface area contributed by atoms with Crippen LogP contribution in [0.15, 0.2) is 24.4 Å². The van der Waals surface area contributed by atoms with Crippen LogP contribution in [-0.2, 0) is 9.16 Å². The minimum Gasteiger partial charge on any atom is -0.435 e. The molecule has 0 amide bonds. The van der Waals surface area contributed by atoms with E-state index < -0.39 is 14.3 Å². The fourth-order valence-electron chi connectivity index (χ4n) is 1.00. The van der Waals surface area contributed by atoms with E-state index in [1.165, 1.54) is 0 Å². The van der Waals surface area contributed by atoms with Gasteiger partial charge >= 0.3 is 5.97 Å². The summed E-state index contributed by atoms with van der Waals surface area (Å²) < 4.78 is 10.8. The summed E-state index contributed by atoms with van der Waals surface area (Å²) in [5, 5.41) is 0.102. The Kier molecular flexibility index (Phi) is 4.64. The standard InChI is InChI=1S/C13H21NO3Si/c1-13(2,3)18(4,5)17-10-16-12(15)11-8-6-7-9-14-11/h6-9H,10H2,1-5H3. The Bertz CT molecular complexity index is 398. The van der Waals surface area contributed by atoms with Crippen molar-refractivity contribution in [2.75, 3.05) is 6.79 Å². The van der Waals surface area contributed by atoms with Crippen molar-refractivity contribution in [3.63, 3.8) is 0 Å². The summed E-state index contributed by atoms with van der Waals surface area (Å²) >= 11 is 0. The number of rotatable bonds is 4. The molecule has 5 heteroatoms. The molecule has 1 aromatic heterocycles. The maximum absolute atomic E-state index is 11.6. The van der Waals surface area contributed by atoms with E-state index in [0.29, 0.717) is 5.69 Å². The first-order valence-electron chi connectivity index (χ1n) is 5.96. The van der Waals surface area contributed by atoms with Crippen LogP contribution >= 0.6 is 0 Å². The lowest BCUT2D eigenvalue weighted by Gasteiger charge is -2.35. The molecule has 0 N–H and O–H groups in total. The van der Waals surface area contributed by atoms with E-state index in [1.54, 1.807) is 24.4 Å². The Hall–Kier alpha value is -1.20. The van der Waals surface area contributed by atoms with Crippen molar-refractivity contribution < 1.29 is 14.0 Å². The van der Waals surface area contributed by atoms with Gasteiger partial charge in [0.15, 0.2) is 15.1 Å². The zero-order valence-electron chi connectivity index (χ0n) is 11.7. The predicted octanol–water partition coefficient (Wildman–Crippen LogP) is 3.22. The molecule has 0 aromatic carbocycles. The summed E-state index contributed by atoms with van der Waals surface area (Å²) in [5.74, 6) is -0.450. The maximum atomic E-state index is 11.6. The lowest BCUT2D eigenvalue weighted by atomic mass is 10.2.